The Morgan fingerprint density at radius 2 is 1.89 bits per heavy atom. The minimum atomic E-state index is -5.02. The lowest BCUT2D eigenvalue weighted by atomic mass is 9.86. The first-order chi connectivity index (χ1) is 8.62. The Balaban J connectivity index is 2.85. The number of carboxylic acid groups (broad SMARTS) is 1. The largest absolute Gasteiger partial charge is 0.480 e. The predicted octanol–water partition coefficient (Wildman–Crippen LogP) is 2.29. The summed E-state index contributed by atoms with van der Waals surface area (Å²) in [7, 11) is 0. The Hall–Kier alpha value is -1.27. The van der Waals surface area contributed by atoms with E-state index in [0.29, 0.717) is 23.7 Å². The molecular weight excluding hydrogens is 263 g/mol. The summed E-state index contributed by atoms with van der Waals surface area (Å²) in [5.74, 6) is -3.19. The molecule has 1 heterocycles. The second-order valence-electron chi connectivity index (χ2n) is 5.38. The average Bonchev–Trinajstić information content (AvgIpc) is 2.25. The molecule has 4 nitrogen and oxygen atoms in total. The van der Waals surface area contributed by atoms with Crippen LogP contribution in [0.1, 0.15) is 33.1 Å². The van der Waals surface area contributed by atoms with Crippen molar-refractivity contribution in [2.45, 2.75) is 45.3 Å². The van der Waals surface area contributed by atoms with Crippen molar-refractivity contribution < 1.29 is 27.9 Å². The van der Waals surface area contributed by atoms with Gasteiger partial charge in [-0.3, -0.25) is 4.79 Å². The highest BCUT2D eigenvalue weighted by Gasteiger charge is 2.48. The van der Waals surface area contributed by atoms with E-state index in [-0.39, 0.29) is 18.9 Å². The summed E-state index contributed by atoms with van der Waals surface area (Å²) in [4.78, 5) is 22.7. The monoisotopic (exact) mass is 281 g/mol. The van der Waals surface area contributed by atoms with E-state index in [1.807, 2.05) is 13.8 Å². The van der Waals surface area contributed by atoms with Crippen LogP contribution in [0.4, 0.5) is 13.2 Å². The van der Waals surface area contributed by atoms with Gasteiger partial charge >= 0.3 is 18.1 Å². The maximum atomic E-state index is 12.5. The third-order valence-corrected chi connectivity index (χ3v) is 3.27. The zero-order valence-electron chi connectivity index (χ0n) is 10.9. The maximum Gasteiger partial charge on any atom is 0.471 e. The van der Waals surface area contributed by atoms with E-state index in [0.717, 1.165) is 0 Å². The van der Waals surface area contributed by atoms with Crippen LogP contribution in [0.5, 0.6) is 0 Å². The molecular formula is C12H18F3NO3. The first-order valence-electron chi connectivity index (χ1n) is 6.23. The number of amides is 1. The number of hydrogen-bond acceptors (Lipinski definition) is 2. The molecule has 0 aromatic carbocycles. The molecule has 110 valence electrons. The molecule has 1 amide bonds. The van der Waals surface area contributed by atoms with Crippen molar-refractivity contribution in [2.75, 3.05) is 6.54 Å². The Kier molecular flexibility index (Phi) is 4.81. The quantitative estimate of drug-likeness (QED) is 0.863. The first-order valence-corrected chi connectivity index (χ1v) is 6.23. The van der Waals surface area contributed by atoms with Crippen molar-refractivity contribution >= 4 is 11.9 Å². The zero-order chi connectivity index (χ0) is 14.8. The number of carbonyl (C=O) groups is 2. The molecule has 2 atom stereocenters. The fraction of sp³-hybridized carbons (Fsp3) is 0.833. The van der Waals surface area contributed by atoms with Crippen molar-refractivity contribution in [3.05, 3.63) is 0 Å². The highest BCUT2D eigenvalue weighted by atomic mass is 19.4. The van der Waals surface area contributed by atoms with Gasteiger partial charge in [-0.2, -0.15) is 13.2 Å². The highest BCUT2D eigenvalue weighted by molar-refractivity contribution is 5.87. The van der Waals surface area contributed by atoms with Gasteiger partial charge in [-0.05, 0) is 31.1 Å². The van der Waals surface area contributed by atoms with E-state index in [2.05, 4.69) is 0 Å². The Bertz CT molecular complexity index is 355. The van der Waals surface area contributed by atoms with E-state index >= 15 is 0 Å². The fourth-order valence-corrected chi connectivity index (χ4v) is 2.55. The molecule has 1 aliphatic heterocycles. The molecule has 0 bridgehead atoms. The number of nitrogens with zero attached hydrogens (tertiary/aromatic N) is 1. The van der Waals surface area contributed by atoms with Crippen molar-refractivity contribution in [3.63, 3.8) is 0 Å². The molecule has 0 radical (unpaired) electrons. The highest BCUT2D eigenvalue weighted by Crippen LogP contribution is 2.30. The first kappa shape index (κ1) is 15.8. The lowest BCUT2D eigenvalue weighted by Crippen LogP contribution is -2.54. The number of alkyl halides is 3. The van der Waals surface area contributed by atoms with Gasteiger partial charge in [0.2, 0.25) is 0 Å². The number of hydrogen-bond donors (Lipinski definition) is 1. The number of likely N-dealkylation sites (tertiary alicyclic amines) is 1. The number of aliphatic carboxylic acids is 1. The van der Waals surface area contributed by atoms with E-state index in [1.165, 1.54) is 0 Å². The normalized spacial score (nSPS) is 24.6. The van der Waals surface area contributed by atoms with Gasteiger partial charge < -0.3 is 10.0 Å². The van der Waals surface area contributed by atoms with Crippen LogP contribution < -0.4 is 0 Å². The van der Waals surface area contributed by atoms with Crippen molar-refractivity contribution in [3.8, 4) is 0 Å². The summed E-state index contributed by atoms with van der Waals surface area (Å²) < 4.78 is 37.4. The molecule has 19 heavy (non-hydrogen) atoms. The van der Waals surface area contributed by atoms with Gasteiger partial charge in [0.15, 0.2) is 0 Å². The SMILES string of the molecule is CC(C)C[C@H]1CC[C@H](C(=O)O)N(C(=O)C(F)(F)F)C1. The number of halogens is 3. The summed E-state index contributed by atoms with van der Waals surface area (Å²) >= 11 is 0. The predicted molar refractivity (Wildman–Crippen MR) is 61.4 cm³/mol. The number of piperidine rings is 1. The number of carboxylic acids is 1. The second kappa shape index (κ2) is 5.79. The number of carbonyl (C=O) groups excluding carboxylic acids is 1. The van der Waals surface area contributed by atoms with Gasteiger partial charge in [0, 0.05) is 6.54 Å². The molecule has 1 rings (SSSR count). The van der Waals surface area contributed by atoms with Gasteiger partial charge in [-0.15, -0.1) is 0 Å². The fourth-order valence-electron chi connectivity index (χ4n) is 2.55. The van der Waals surface area contributed by atoms with Crippen LogP contribution in [0.15, 0.2) is 0 Å². The third kappa shape index (κ3) is 4.11. The minimum absolute atomic E-state index is 0.0677. The second-order valence-corrected chi connectivity index (χ2v) is 5.38. The molecule has 1 fully saturated rings. The number of rotatable bonds is 3. The molecule has 1 saturated heterocycles. The van der Waals surface area contributed by atoms with E-state index in [1.54, 1.807) is 0 Å². The standard InChI is InChI=1S/C12H18F3NO3/c1-7(2)5-8-3-4-9(10(17)18)16(6-8)11(19)12(13,14)15/h7-9H,3-6H2,1-2H3,(H,17,18)/t8-,9-/m1/s1. The Labute approximate surface area is 109 Å². The minimum Gasteiger partial charge on any atom is -0.480 e. The van der Waals surface area contributed by atoms with E-state index in [4.69, 9.17) is 5.11 Å². The van der Waals surface area contributed by atoms with Gasteiger partial charge in [0.25, 0.3) is 0 Å². The average molecular weight is 281 g/mol. The van der Waals surface area contributed by atoms with Gasteiger partial charge in [-0.1, -0.05) is 13.8 Å². The zero-order valence-corrected chi connectivity index (χ0v) is 10.9. The molecule has 1 aliphatic rings. The van der Waals surface area contributed by atoms with E-state index in [9.17, 15) is 22.8 Å². The van der Waals surface area contributed by atoms with Crippen LogP contribution in [-0.2, 0) is 9.59 Å². The third-order valence-electron chi connectivity index (χ3n) is 3.27. The summed E-state index contributed by atoms with van der Waals surface area (Å²) in [5.41, 5.74) is 0. The topological polar surface area (TPSA) is 57.6 Å². The van der Waals surface area contributed by atoms with Crippen molar-refractivity contribution in [1.82, 2.24) is 4.90 Å². The molecule has 1 N–H and O–H groups in total. The summed E-state index contributed by atoms with van der Waals surface area (Å²) in [6, 6.07) is -1.36. The summed E-state index contributed by atoms with van der Waals surface area (Å²) in [6.45, 7) is 3.76. The van der Waals surface area contributed by atoms with Crippen LogP contribution in [0, 0.1) is 11.8 Å². The van der Waals surface area contributed by atoms with Crippen LogP contribution in [0.3, 0.4) is 0 Å². The van der Waals surface area contributed by atoms with Crippen LogP contribution in [0.2, 0.25) is 0 Å². The van der Waals surface area contributed by atoms with E-state index < -0.39 is 24.1 Å². The lowest BCUT2D eigenvalue weighted by molar-refractivity contribution is -0.192. The summed E-state index contributed by atoms with van der Waals surface area (Å²) in [6.07, 6.45) is -3.72. The Morgan fingerprint density at radius 3 is 2.32 bits per heavy atom. The van der Waals surface area contributed by atoms with Gasteiger partial charge in [-0.25, -0.2) is 4.79 Å². The van der Waals surface area contributed by atoms with Crippen molar-refractivity contribution in [1.29, 1.82) is 0 Å². The molecule has 0 saturated carbocycles. The summed E-state index contributed by atoms with van der Waals surface area (Å²) in [5, 5.41) is 8.93. The van der Waals surface area contributed by atoms with Crippen LogP contribution in [0.25, 0.3) is 0 Å². The van der Waals surface area contributed by atoms with Crippen LogP contribution in [-0.4, -0.2) is 40.6 Å². The lowest BCUT2D eigenvalue weighted by Gasteiger charge is -2.38. The van der Waals surface area contributed by atoms with Crippen molar-refractivity contribution in [2.24, 2.45) is 11.8 Å². The van der Waals surface area contributed by atoms with Crippen LogP contribution >= 0.6 is 0 Å². The molecule has 0 unspecified atom stereocenters. The van der Waals surface area contributed by atoms with Gasteiger partial charge in [0.1, 0.15) is 6.04 Å². The molecule has 0 spiro atoms. The molecule has 0 aromatic heterocycles. The smallest absolute Gasteiger partial charge is 0.471 e. The Morgan fingerprint density at radius 1 is 1.32 bits per heavy atom. The maximum absolute atomic E-state index is 12.5. The molecule has 0 aromatic rings. The molecule has 7 heteroatoms. The molecule has 0 aliphatic carbocycles. The van der Waals surface area contributed by atoms with Gasteiger partial charge in [0.05, 0.1) is 0 Å².